The number of hydrogen-bond acceptors (Lipinski definition) is 5. The minimum Gasteiger partial charge on any atom is -0.370 e. The zero-order valence-electron chi connectivity index (χ0n) is 11.1. The first-order chi connectivity index (χ1) is 8.88. The third-order valence-corrected chi connectivity index (χ3v) is 3.28. The van der Waals surface area contributed by atoms with Crippen molar-refractivity contribution in [3.63, 3.8) is 0 Å². The number of anilines is 2. The molecule has 1 aromatic heterocycles. The summed E-state index contributed by atoms with van der Waals surface area (Å²) in [5, 5.41) is 10.0. The van der Waals surface area contributed by atoms with Crippen LogP contribution in [-0.2, 0) is 0 Å². The average molecular weight is 249 g/mol. The van der Waals surface area contributed by atoms with Gasteiger partial charge < -0.3 is 16.0 Å². The van der Waals surface area contributed by atoms with Crippen LogP contribution >= 0.6 is 0 Å². The van der Waals surface area contributed by atoms with Crippen LogP contribution in [0.25, 0.3) is 0 Å². The molecular formula is C13H23N5. The van der Waals surface area contributed by atoms with Gasteiger partial charge in [0, 0.05) is 19.2 Å². The summed E-state index contributed by atoms with van der Waals surface area (Å²) in [6.07, 6.45) is 5.46. The average Bonchev–Trinajstić information content (AvgIpc) is 2.41. The predicted molar refractivity (Wildman–Crippen MR) is 74.9 cm³/mol. The topological polar surface area (TPSA) is 61.9 Å². The fourth-order valence-corrected chi connectivity index (χ4v) is 2.31. The molecule has 0 aliphatic carbocycles. The van der Waals surface area contributed by atoms with Crippen LogP contribution in [0.5, 0.6) is 0 Å². The first-order valence-electron chi connectivity index (χ1n) is 6.89. The highest BCUT2D eigenvalue weighted by Crippen LogP contribution is 2.14. The highest BCUT2D eigenvalue weighted by atomic mass is 15.1. The lowest BCUT2D eigenvalue weighted by Gasteiger charge is -2.22. The van der Waals surface area contributed by atoms with Gasteiger partial charge in [-0.2, -0.15) is 0 Å². The number of hydrogen-bond donors (Lipinski definition) is 3. The van der Waals surface area contributed by atoms with E-state index in [2.05, 4.69) is 32.8 Å². The molecule has 1 aromatic rings. The van der Waals surface area contributed by atoms with Gasteiger partial charge in [0.05, 0.1) is 0 Å². The van der Waals surface area contributed by atoms with E-state index in [0.29, 0.717) is 0 Å². The summed E-state index contributed by atoms with van der Waals surface area (Å²) >= 11 is 0. The van der Waals surface area contributed by atoms with Gasteiger partial charge in [0.2, 0.25) is 0 Å². The van der Waals surface area contributed by atoms with Crippen molar-refractivity contribution in [2.75, 3.05) is 36.8 Å². The first-order valence-corrected chi connectivity index (χ1v) is 6.89. The molecule has 1 atom stereocenters. The molecule has 1 fully saturated rings. The van der Waals surface area contributed by atoms with Crippen LogP contribution in [0, 0.1) is 5.92 Å². The van der Waals surface area contributed by atoms with E-state index in [1.807, 2.05) is 6.07 Å². The Morgan fingerprint density at radius 3 is 2.89 bits per heavy atom. The van der Waals surface area contributed by atoms with Gasteiger partial charge in [-0.3, -0.25) is 0 Å². The number of aromatic nitrogens is 2. The minimum absolute atomic E-state index is 0.807. The zero-order chi connectivity index (χ0) is 12.6. The molecule has 0 radical (unpaired) electrons. The quantitative estimate of drug-likeness (QED) is 0.716. The van der Waals surface area contributed by atoms with Gasteiger partial charge in [-0.15, -0.1) is 0 Å². The third kappa shape index (κ3) is 4.14. The van der Waals surface area contributed by atoms with E-state index in [1.54, 1.807) is 6.33 Å². The molecule has 1 aliphatic rings. The lowest BCUT2D eigenvalue weighted by Crippen LogP contribution is -2.30. The Morgan fingerprint density at radius 1 is 1.33 bits per heavy atom. The summed E-state index contributed by atoms with van der Waals surface area (Å²) < 4.78 is 0. The highest BCUT2D eigenvalue weighted by molar-refractivity contribution is 5.46. The molecule has 2 rings (SSSR count). The van der Waals surface area contributed by atoms with E-state index in [4.69, 9.17) is 0 Å². The molecule has 0 bridgehead atoms. The van der Waals surface area contributed by atoms with Crippen molar-refractivity contribution in [3.8, 4) is 0 Å². The van der Waals surface area contributed by atoms with Crippen molar-refractivity contribution < 1.29 is 0 Å². The third-order valence-electron chi connectivity index (χ3n) is 3.28. The summed E-state index contributed by atoms with van der Waals surface area (Å²) in [5.41, 5.74) is 0. The van der Waals surface area contributed by atoms with Crippen LogP contribution in [0.2, 0.25) is 0 Å². The van der Waals surface area contributed by atoms with E-state index in [-0.39, 0.29) is 0 Å². The van der Waals surface area contributed by atoms with E-state index in [9.17, 15) is 0 Å². The van der Waals surface area contributed by atoms with Crippen molar-refractivity contribution >= 4 is 11.6 Å². The van der Waals surface area contributed by atoms with Crippen LogP contribution in [0.4, 0.5) is 11.6 Å². The SMILES string of the molecule is CCNc1cc(NCCC2CCCNC2)ncn1. The van der Waals surface area contributed by atoms with Gasteiger partial charge in [0.15, 0.2) is 0 Å². The van der Waals surface area contributed by atoms with E-state index < -0.39 is 0 Å². The Labute approximate surface area is 109 Å². The lowest BCUT2D eigenvalue weighted by molar-refractivity contribution is 0.364. The number of nitrogens with one attached hydrogen (secondary N) is 3. The minimum atomic E-state index is 0.807. The molecule has 0 spiro atoms. The van der Waals surface area contributed by atoms with Crippen LogP contribution in [0.3, 0.4) is 0 Å². The summed E-state index contributed by atoms with van der Waals surface area (Å²) in [5.74, 6) is 2.60. The molecule has 0 saturated carbocycles. The summed E-state index contributed by atoms with van der Waals surface area (Å²) in [7, 11) is 0. The molecule has 0 aromatic carbocycles. The van der Waals surface area contributed by atoms with Gasteiger partial charge >= 0.3 is 0 Å². The van der Waals surface area contributed by atoms with Crippen molar-refractivity contribution in [1.82, 2.24) is 15.3 Å². The Kier molecular flexibility index (Phi) is 5.20. The van der Waals surface area contributed by atoms with Gasteiger partial charge in [-0.05, 0) is 45.2 Å². The van der Waals surface area contributed by atoms with Crippen LogP contribution < -0.4 is 16.0 Å². The van der Waals surface area contributed by atoms with Crippen LogP contribution in [-0.4, -0.2) is 36.1 Å². The highest BCUT2D eigenvalue weighted by Gasteiger charge is 2.12. The molecule has 2 heterocycles. The molecule has 0 amide bonds. The van der Waals surface area contributed by atoms with Crippen molar-refractivity contribution in [2.45, 2.75) is 26.2 Å². The Morgan fingerprint density at radius 2 is 2.17 bits per heavy atom. The van der Waals surface area contributed by atoms with Gasteiger partial charge in [-0.1, -0.05) is 0 Å². The predicted octanol–water partition coefficient (Wildman–Crippen LogP) is 1.71. The summed E-state index contributed by atoms with van der Waals surface area (Å²) in [6.45, 7) is 6.26. The molecule has 1 saturated heterocycles. The molecule has 18 heavy (non-hydrogen) atoms. The summed E-state index contributed by atoms with van der Waals surface area (Å²) in [4.78, 5) is 8.38. The van der Waals surface area contributed by atoms with E-state index in [0.717, 1.165) is 37.2 Å². The number of nitrogens with zero attached hydrogens (tertiary/aromatic N) is 2. The van der Waals surface area contributed by atoms with Crippen molar-refractivity contribution in [3.05, 3.63) is 12.4 Å². The molecule has 3 N–H and O–H groups in total. The second-order valence-corrected chi connectivity index (χ2v) is 4.75. The fourth-order valence-electron chi connectivity index (χ4n) is 2.31. The number of rotatable bonds is 6. The molecule has 5 nitrogen and oxygen atoms in total. The van der Waals surface area contributed by atoms with Gasteiger partial charge in [-0.25, -0.2) is 9.97 Å². The Hall–Kier alpha value is -1.36. The van der Waals surface area contributed by atoms with E-state index in [1.165, 1.54) is 25.8 Å². The maximum absolute atomic E-state index is 4.23. The second kappa shape index (κ2) is 7.16. The monoisotopic (exact) mass is 249 g/mol. The Bertz CT molecular complexity index is 349. The normalized spacial score (nSPS) is 19.5. The molecule has 1 aliphatic heterocycles. The maximum atomic E-state index is 4.23. The van der Waals surface area contributed by atoms with Crippen LogP contribution in [0.1, 0.15) is 26.2 Å². The van der Waals surface area contributed by atoms with Crippen molar-refractivity contribution in [2.24, 2.45) is 5.92 Å². The lowest BCUT2D eigenvalue weighted by atomic mass is 9.96. The molecule has 1 unspecified atom stereocenters. The molecule has 100 valence electrons. The van der Waals surface area contributed by atoms with Crippen molar-refractivity contribution in [1.29, 1.82) is 0 Å². The zero-order valence-corrected chi connectivity index (χ0v) is 11.1. The summed E-state index contributed by atoms with van der Waals surface area (Å²) in [6, 6.07) is 1.96. The second-order valence-electron chi connectivity index (χ2n) is 4.75. The molecular weight excluding hydrogens is 226 g/mol. The van der Waals surface area contributed by atoms with E-state index >= 15 is 0 Å². The first kappa shape index (κ1) is 13.1. The van der Waals surface area contributed by atoms with Gasteiger partial charge in [0.25, 0.3) is 0 Å². The Balaban J connectivity index is 1.73. The smallest absolute Gasteiger partial charge is 0.131 e. The van der Waals surface area contributed by atoms with Crippen LogP contribution in [0.15, 0.2) is 12.4 Å². The fraction of sp³-hybridized carbons (Fsp3) is 0.692. The maximum Gasteiger partial charge on any atom is 0.131 e. The standard InChI is InChI=1S/C13H23N5/c1-2-15-12-8-13(18-10-17-12)16-7-5-11-4-3-6-14-9-11/h8,10-11,14H,2-7,9H2,1H3,(H2,15,16,17,18). The largest absolute Gasteiger partial charge is 0.370 e. The molecule has 5 heteroatoms. The number of piperidine rings is 1. The van der Waals surface area contributed by atoms with Gasteiger partial charge in [0.1, 0.15) is 18.0 Å².